The van der Waals surface area contributed by atoms with Crippen molar-refractivity contribution in [1.29, 1.82) is 0 Å². The highest BCUT2D eigenvalue weighted by atomic mass is 79.9. The van der Waals surface area contributed by atoms with Crippen LogP contribution >= 0.6 is 15.9 Å². The van der Waals surface area contributed by atoms with Crippen molar-refractivity contribution in [1.82, 2.24) is 9.97 Å². The summed E-state index contributed by atoms with van der Waals surface area (Å²) in [6, 6.07) is 0.173. The average molecular weight is 394 g/mol. The second kappa shape index (κ2) is 7.11. The number of hydrogen-bond acceptors (Lipinski definition) is 4. The number of aromatic nitrogens is 2. The number of rotatable bonds is 4. The molecule has 1 atom stereocenters. The number of pyridine rings is 1. The SMILES string of the molecule is CC(C)CC(=O)Nc1c[nH]c2ncc(Br)c(N3CCC[C@@H](N)C3)c12. The first kappa shape index (κ1) is 17.2. The molecule has 1 amide bonds. The van der Waals surface area contributed by atoms with Gasteiger partial charge in [0.05, 0.1) is 21.2 Å². The summed E-state index contributed by atoms with van der Waals surface area (Å²) in [5.74, 6) is 0.340. The third-order valence-electron chi connectivity index (χ3n) is 4.27. The number of aromatic amines is 1. The monoisotopic (exact) mass is 393 g/mol. The Hall–Kier alpha value is -1.60. The number of carbonyl (C=O) groups excluding carboxylic acids is 1. The van der Waals surface area contributed by atoms with E-state index < -0.39 is 0 Å². The smallest absolute Gasteiger partial charge is 0.224 e. The Morgan fingerprint density at radius 3 is 3.08 bits per heavy atom. The van der Waals surface area contributed by atoms with Crippen LogP contribution in [0.15, 0.2) is 16.9 Å². The van der Waals surface area contributed by atoms with Crippen LogP contribution in [0.1, 0.15) is 33.1 Å². The van der Waals surface area contributed by atoms with Gasteiger partial charge < -0.3 is 20.9 Å². The van der Waals surface area contributed by atoms with Crippen LogP contribution in [0.5, 0.6) is 0 Å². The number of piperidine rings is 1. The molecular weight excluding hydrogens is 370 g/mol. The molecule has 4 N–H and O–H groups in total. The molecule has 1 aliphatic heterocycles. The maximum Gasteiger partial charge on any atom is 0.224 e. The molecule has 1 saturated heterocycles. The van der Waals surface area contributed by atoms with Crippen LogP contribution < -0.4 is 16.0 Å². The van der Waals surface area contributed by atoms with Crippen LogP contribution in [0.2, 0.25) is 0 Å². The number of hydrogen-bond donors (Lipinski definition) is 3. The highest BCUT2D eigenvalue weighted by Crippen LogP contribution is 2.38. The van der Waals surface area contributed by atoms with Crippen LogP contribution in [0.3, 0.4) is 0 Å². The molecular formula is C17H24BrN5O. The maximum absolute atomic E-state index is 12.2. The molecule has 7 heteroatoms. The number of nitrogens with one attached hydrogen (secondary N) is 2. The predicted octanol–water partition coefficient (Wildman–Crippen LogP) is 3.24. The molecule has 6 nitrogen and oxygen atoms in total. The fourth-order valence-corrected chi connectivity index (χ4v) is 3.80. The number of H-pyrrole nitrogens is 1. The summed E-state index contributed by atoms with van der Waals surface area (Å²) in [6.07, 6.45) is 6.23. The van der Waals surface area contributed by atoms with E-state index >= 15 is 0 Å². The van der Waals surface area contributed by atoms with Crippen molar-refractivity contribution in [2.75, 3.05) is 23.3 Å². The van der Waals surface area contributed by atoms with E-state index in [2.05, 4.69) is 36.1 Å². The zero-order valence-electron chi connectivity index (χ0n) is 14.1. The van der Waals surface area contributed by atoms with E-state index in [9.17, 15) is 4.79 Å². The van der Waals surface area contributed by atoms with Gasteiger partial charge in [0.1, 0.15) is 5.65 Å². The molecule has 2 aromatic heterocycles. The second-order valence-electron chi connectivity index (χ2n) is 6.88. The molecule has 0 aromatic carbocycles. The molecule has 1 fully saturated rings. The number of nitrogens with zero attached hydrogens (tertiary/aromatic N) is 2. The van der Waals surface area contributed by atoms with Crippen LogP contribution in [-0.4, -0.2) is 35.0 Å². The van der Waals surface area contributed by atoms with Crippen molar-refractivity contribution < 1.29 is 4.79 Å². The zero-order chi connectivity index (χ0) is 17.3. The first-order chi connectivity index (χ1) is 11.5. The Kier molecular flexibility index (Phi) is 5.10. The lowest BCUT2D eigenvalue weighted by Crippen LogP contribution is -2.43. The Morgan fingerprint density at radius 2 is 2.38 bits per heavy atom. The number of nitrogens with two attached hydrogens (primary N) is 1. The van der Waals surface area contributed by atoms with Crippen molar-refractivity contribution >= 4 is 44.2 Å². The molecule has 3 heterocycles. The Morgan fingerprint density at radius 1 is 1.58 bits per heavy atom. The van der Waals surface area contributed by atoms with E-state index in [1.165, 1.54) is 0 Å². The highest BCUT2D eigenvalue weighted by molar-refractivity contribution is 9.10. The van der Waals surface area contributed by atoms with Gasteiger partial charge in [0.25, 0.3) is 0 Å². The summed E-state index contributed by atoms with van der Waals surface area (Å²) in [5, 5.41) is 3.97. The van der Waals surface area contributed by atoms with Crippen molar-refractivity contribution in [3.63, 3.8) is 0 Å². The van der Waals surface area contributed by atoms with Gasteiger partial charge in [0.2, 0.25) is 5.91 Å². The quantitative estimate of drug-likeness (QED) is 0.743. The van der Waals surface area contributed by atoms with Crippen molar-refractivity contribution in [3.8, 4) is 0 Å². The van der Waals surface area contributed by atoms with E-state index in [-0.39, 0.29) is 11.9 Å². The fourth-order valence-electron chi connectivity index (χ4n) is 3.25. The minimum Gasteiger partial charge on any atom is -0.368 e. The maximum atomic E-state index is 12.2. The highest BCUT2D eigenvalue weighted by Gasteiger charge is 2.23. The molecule has 3 rings (SSSR count). The Labute approximate surface area is 150 Å². The molecule has 0 spiro atoms. The van der Waals surface area contributed by atoms with Crippen LogP contribution in [0.4, 0.5) is 11.4 Å². The van der Waals surface area contributed by atoms with E-state index in [0.717, 1.165) is 52.8 Å². The third kappa shape index (κ3) is 3.57. The Bertz CT molecular complexity index is 742. The summed E-state index contributed by atoms with van der Waals surface area (Å²) in [5.41, 5.74) is 8.75. The van der Waals surface area contributed by atoms with Crippen molar-refractivity contribution in [2.24, 2.45) is 11.7 Å². The van der Waals surface area contributed by atoms with E-state index in [1.54, 1.807) is 6.20 Å². The standard InChI is InChI=1S/C17H24BrN5O/c1-10(2)6-14(24)22-13-8-21-17-15(13)16(12(18)7-20-17)23-5-3-4-11(19)9-23/h7-8,10-11H,3-6,9,19H2,1-2H3,(H,20,21)(H,22,24)/t11-/m1/s1. The summed E-state index contributed by atoms with van der Waals surface area (Å²) in [7, 11) is 0. The van der Waals surface area contributed by atoms with E-state index in [0.29, 0.717) is 12.3 Å². The number of anilines is 2. The Balaban J connectivity index is 1.99. The van der Waals surface area contributed by atoms with Gasteiger partial charge in [-0.3, -0.25) is 4.79 Å². The molecule has 0 aliphatic carbocycles. The number of halogens is 1. The van der Waals surface area contributed by atoms with Gasteiger partial charge in [-0.25, -0.2) is 4.98 Å². The van der Waals surface area contributed by atoms with Crippen LogP contribution in [0, 0.1) is 5.92 Å². The fraction of sp³-hybridized carbons (Fsp3) is 0.529. The van der Waals surface area contributed by atoms with Crippen LogP contribution in [-0.2, 0) is 4.79 Å². The second-order valence-corrected chi connectivity index (χ2v) is 7.73. The molecule has 0 unspecified atom stereocenters. The van der Waals surface area contributed by atoms with Crippen LogP contribution in [0.25, 0.3) is 11.0 Å². The largest absolute Gasteiger partial charge is 0.368 e. The van der Waals surface area contributed by atoms with Crippen molar-refractivity contribution in [3.05, 3.63) is 16.9 Å². The first-order valence-corrected chi connectivity index (χ1v) is 9.21. The number of amides is 1. The molecule has 130 valence electrons. The first-order valence-electron chi connectivity index (χ1n) is 8.41. The predicted molar refractivity (Wildman–Crippen MR) is 101 cm³/mol. The molecule has 0 saturated carbocycles. The molecule has 2 aromatic rings. The van der Waals surface area contributed by atoms with Gasteiger partial charge >= 0.3 is 0 Å². The summed E-state index contributed by atoms with van der Waals surface area (Å²) in [6.45, 7) is 5.83. The van der Waals surface area contributed by atoms with Gasteiger partial charge in [-0.2, -0.15) is 0 Å². The summed E-state index contributed by atoms with van der Waals surface area (Å²) < 4.78 is 0.919. The lowest BCUT2D eigenvalue weighted by molar-refractivity contribution is -0.116. The number of fused-ring (bicyclic) bond motifs is 1. The lowest BCUT2D eigenvalue weighted by atomic mass is 10.1. The topological polar surface area (TPSA) is 87.0 Å². The molecule has 24 heavy (non-hydrogen) atoms. The molecule has 1 aliphatic rings. The number of carbonyl (C=O) groups is 1. The van der Waals surface area contributed by atoms with Gasteiger partial charge in [-0.15, -0.1) is 0 Å². The third-order valence-corrected chi connectivity index (χ3v) is 4.85. The van der Waals surface area contributed by atoms with Gasteiger partial charge in [-0.05, 0) is 34.7 Å². The van der Waals surface area contributed by atoms with Gasteiger partial charge in [0, 0.05) is 37.9 Å². The average Bonchev–Trinajstić information content (AvgIpc) is 2.89. The van der Waals surface area contributed by atoms with E-state index in [4.69, 9.17) is 5.73 Å². The zero-order valence-corrected chi connectivity index (χ0v) is 15.7. The summed E-state index contributed by atoms with van der Waals surface area (Å²) in [4.78, 5) is 22.1. The van der Waals surface area contributed by atoms with Gasteiger partial charge in [0.15, 0.2) is 0 Å². The normalized spacial score (nSPS) is 18.4. The van der Waals surface area contributed by atoms with Crippen molar-refractivity contribution in [2.45, 2.75) is 39.2 Å². The molecule has 0 radical (unpaired) electrons. The van der Waals surface area contributed by atoms with E-state index in [1.807, 2.05) is 20.0 Å². The minimum absolute atomic E-state index is 0.0205. The lowest BCUT2D eigenvalue weighted by Gasteiger charge is -2.33. The summed E-state index contributed by atoms with van der Waals surface area (Å²) >= 11 is 3.63. The minimum atomic E-state index is 0.0205. The van der Waals surface area contributed by atoms with Gasteiger partial charge in [-0.1, -0.05) is 13.8 Å². The molecule has 0 bridgehead atoms.